The Kier molecular flexibility index (Phi) is 3.80. The molecule has 0 radical (unpaired) electrons. The van der Waals surface area contributed by atoms with Gasteiger partial charge in [-0.25, -0.2) is 0 Å². The van der Waals surface area contributed by atoms with Crippen molar-refractivity contribution in [1.29, 1.82) is 0 Å². The summed E-state index contributed by atoms with van der Waals surface area (Å²) in [4.78, 5) is 2.26. The van der Waals surface area contributed by atoms with Crippen LogP contribution in [0.5, 0.6) is 0 Å². The Morgan fingerprint density at radius 1 is 1.00 bits per heavy atom. The molecule has 90 valence electrons. The van der Waals surface area contributed by atoms with Crippen LogP contribution in [0.3, 0.4) is 0 Å². The summed E-state index contributed by atoms with van der Waals surface area (Å²) in [6.07, 6.45) is 1.15. The molecule has 0 heterocycles. The number of hydrogen-bond donors (Lipinski definition) is 0. The second-order valence-corrected chi connectivity index (χ2v) is 5.21. The van der Waals surface area contributed by atoms with Crippen molar-refractivity contribution in [2.45, 2.75) is 13.3 Å². The quantitative estimate of drug-likeness (QED) is 0.771. The van der Waals surface area contributed by atoms with E-state index in [0.29, 0.717) is 5.92 Å². The Balaban J connectivity index is 2.24. The highest BCUT2D eigenvalue weighted by Crippen LogP contribution is 2.21. The topological polar surface area (TPSA) is 3.24 Å². The molecule has 1 nitrogen and oxygen atoms in total. The molecule has 0 saturated carbocycles. The predicted octanol–water partition coefficient (Wildman–Crippen LogP) is 3.58. The lowest BCUT2D eigenvalue weighted by Crippen LogP contribution is -2.21. The van der Waals surface area contributed by atoms with E-state index in [1.165, 1.54) is 16.3 Å². The van der Waals surface area contributed by atoms with Gasteiger partial charge in [0.15, 0.2) is 0 Å². The lowest BCUT2D eigenvalue weighted by Gasteiger charge is -2.17. The Hall–Kier alpha value is -1.34. The van der Waals surface area contributed by atoms with Gasteiger partial charge in [0.1, 0.15) is 0 Å². The van der Waals surface area contributed by atoms with Crippen LogP contribution >= 0.6 is 0 Å². The summed E-state index contributed by atoms with van der Waals surface area (Å²) >= 11 is 0. The van der Waals surface area contributed by atoms with E-state index in [4.69, 9.17) is 0 Å². The molecule has 17 heavy (non-hydrogen) atoms. The molecule has 0 amide bonds. The number of benzene rings is 2. The summed E-state index contributed by atoms with van der Waals surface area (Å²) < 4.78 is 0. The van der Waals surface area contributed by atoms with Gasteiger partial charge in [-0.2, -0.15) is 0 Å². The largest absolute Gasteiger partial charge is 0.309 e. The molecule has 0 aliphatic rings. The van der Waals surface area contributed by atoms with E-state index in [9.17, 15) is 0 Å². The molecule has 0 N–H and O–H groups in total. The fourth-order valence-electron chi connectivity index (χ4n) is 2.53. The van der Waals surface area contributed by atoms with Crippen LogP contribution in [0.15, 0.2) is 42.5 Å². The van der Waals surface area contributed by atoms with E-state index in [1.807, 2.05) is 0 Å². The van der Waals surface area contributed by atoms with Crippen LogP contribution in [0.25, 0.3) is 10.8 Å². The molecule has 1 heteroatoms. The van der Waals surface area contributed by atoms with Gasteiger partial charge in [-0.05, 0) is 42.8 Å². The van der Waals surface area contributed by atoms with Gasteiger partial charge in [0, 0.05) is 6.54 Å². The summed E-state index contributed by atoms with van der Waals surface area (Å²) in [6.45, 7) is 3.46. The molecule has 0 fully saturated rings. The minimum atomic E-state index is 0.691. The zero-order valence-corrected chi connectivity index (χ0v) is 11.0. The number of hydrogen-bond acceptors (Lipinski definition) is 1. The van der Waals surface area contributed by atoms with Crippen molar-refractivity contribution in [3.63, 3.8) is 0 Å². The third-order valence-electron chi connectivity index (χ3n) is 3.13. The van der Waals surface area contributed by atoms with Crippen LogP contribution in [0.4, 0.5) is 0 Å². The summed E-state index contributed by atoms with van der Waals surface area (Å²) in [5, 5.41) is 2.75. The Morgan fingerprint density at radius 2 is 1.71 bits per heavy atom. The first-order valence-electron chi connectivity index (χ1n) is 6.28. The highest BCUT2D eigenvalue weighted by molar-refractivity contribution is 5.85. The zero-order chi connectivity index (χ0) is 12.3. The molecule has 0 saturated heterocycles. The smallest absolute Gasteiger partial charge is 0.000410 e. The Bertz CT molecular complexity index is 482. The van der Waals surface area contributed by atoms with Gasteiger partial charge in [-0.1, -0.05) is 49.4 Å². The maximum absolute atomic E-state index is 2.32. The molecule has 1 atom stereocenters. The monoisotopic (exact) mass is 227 g/mol. The van der Waals surface area contributed by atoms with Crippen LogP contribution in [-0.4, -0.2) is 25.5 Å². The van der Waals surface area contributed by atoms with Gasteiger partial charge in [-0.3, -0.25) is 0 Å². The van der Waals surface area contributed by atoms with Crippen LogP contribution in [0.1, 0.15) is 12.5 Å². The van der Waals surface area contributed by atoms with Crippen molar-refractivity contribution in [2.24, 2.45) is 5.92 Å². The van der Waals surface area contributed by atoms with Crippen LogP contribution in [0, 0.1) is 5.92 Å². The van der Waals surface area contributed by atoms with Crippen molar-refractivity contribution in [1.82, 2.24) is 4.90 Å². The average Bonchev–Trinajstić information content (AvgIpc) is 2.28. The minimum absolute atomic E-state index is 0.691. The first kappa shape index (κ1) is 12.1. The van der Waals surface area contributed by atoms with Gasteiger partial charge in [0.05, 0.1) is 0 Å². The predicted molar refractivity (Wildman–Crippen MR) is 75.4 cm³/mol. The fraction of sp³-hybridized carbons (Fsp3) is 0.375. The van der Waals surface area contributed by atoms with E-state index in [2.05, 4.69) is 68.4 Å². The highest BCUT2D eigenvalue weighted by atomic mass is 15.1. The molecule has 2 aromatic carbocycles. The first-order chi connectivity index (χ1) is 8.16. The molecule has 0 aliphatic heterocycles. The van der Waals surface area contributed by atoms with Crippen molar-refractivity contribution in [3.8, 4) is 0 Å². The van der Waals surface area contributed by atoms with E-state index in [-0.39, 0.29) is 0 Å². The van der Waals surface area contributed by atoms with Gasteiger partial charge in [-0.15, -0.1) is 0 Å². The number of rotatable bonds is 4. The van der Waals surface area contributed by atoms with Gasteiger partial charge in [0.25, 0.3) is 0 Å². The van der Waals surface area contributed by atoms with E-state index in [0.717, 1.165) is 13.0 Å². The molecule has 0 aliphatic carbocycles. The summed E-state index contributed by atoms with van der Waals surface area (Å²) in [7, 11) is 4.28. The summed E-state index contributed by atoms with van der Waals surface area (Å²) in [6, 6.07) is 15.3. The Labute approximate surface area is 104 Å². The lowest BCUT2D eigenvalue weighted by molar-refractivity contribution is 0.338. The minimum Gasteiger partial charge on any atom is -0.309 e. The second-order valence-electron chi connectivity index (χ2n) is 5.21. The summed E-state index contributed by atoms with van der Waals surface area (Å²) in [5.41, 5.74) is 1.47. The Morgan fingerprint density at radius 3 is 2.47 bits per heavy atom. The van der Waals surface area contributed by atoms with Crippen molar-refractivity contribution >= 4 is 10.8 Å². The molecule has 0 unspecified atom stereocenters. The summed E-state index contributed by atoms with van der Waals surface area (Å²) in [5.74, 6) is 0.691. The van der Waals surface area contributed by atoms with Crippen molar-refractivity contribution in [3.05, 3.63) is 48.0 Å². The SMILES string of the molecule is C[C@@H](Cc1cccc2ccccc12)CN(C)C. The standard InChI is InChI=1S/C16H21N/c1-13(12-17(2)3)11-15-9-6-8-14-7-4-5-10-16(14)15/h4-10,13H,11-12H2,1-3H3/t13-/m0/s1. The zero-order valence-electron chi connectivity index (χ0n) is 11.0. The first-order valence-corrected chi connectivity index (χ1v) is 6.28. The van der Waals surface area contributed by atoms with Crippen molar-refractivity contribution < 1.29 is 0 Å². The molecule has 2 rings (SSSR count). The fourth-order valence-corrected chi connectivity index (χ4v) is 2.53. The normalized spacial score (nSPS) is 13.2. The third kappa shape index (κ3) is 3.07. The second kappa shape index (κ2) is 5.33. The van der Waals surface area contributed by atoms with Crippen molar-refractivity contribution in [2.75, 3.05) is 20.6 Å². The van der Waals surface area contributed by atoms with Crippen LogP contribution in [-0.2, 0) is 6.42 Å². The number of fused-ring (bicyclic) bond motifs is 1. The van der Waals surface area contributed by atoms with Crippen LogP contribution in [0.2, 0.25) is 0 Å². The van der Waals surface area contributed by atoms with Gasteiger partial charge >= 0.3 is 0 Å². The molecule has 2 aromatic rings. The third-order valence-corrected chi connectivity index (χ3v) is 3.13. The molecule has 0 aromatic heterocycles. The number of nitrogens with zero attached hydrogens (tertiary/aromatic N) is 1. The van der Waals surface area contributed by atoms with E-state index in [1.54, 1.807) is 0 Å². The molecule has 0 spiro atoms. The van der Waals surface area contributed by atoms with Gasteiger partial charge < -0.3 is 4.90 Å². The van der Waals surface area contributed by atoms with E-state index < -0.39 is 0 Å². The molecular formula is C16H21N. The maximum atomic E-state index is 2.32. The molecular weight excluding hydrogens is 206 g/mol. The maximum Gasteiger partial charge on any atom is 0.000410 e. The van der Waals surface area contributed by atoms with Gasteiger partial charge in [0.2, 0.25) is 0 Å². The highest BCUT2D eigenvalue weighted by Gasteiger charge is 2.07. The lowest BCUT2D eigenvalue weighted by atomic mass is 9.96. The average molecular weight is 227 g/mol. The molecule has 0 bridgehead atoms. The van der Waals surface area contributed by atoms with E-state index >= 15 is 0 Å². The van der Waals surface area contributed by atoms with Crippen LogP contribution < -0.4 is 0 Å².